The van der Waals surface area contributed by atoms with E-state index in [4.69, 9.17) is 26.1 Å². The molecule has 0 aliphatic heterocycles. The van der Waals surface area contributed by atoms with Crippen molar-refractivity contribution in [1.82, 2.24) is 15.3 Å². The number of rotatable bonds is 14. The topological polar surface area (TPSA) is 76.6 Å². The smallest absolute Gasteiger partial charge is 0.251 e. The number of ether oxygens (including phenoxy) is 2. The highest BCUT2D eigenvalue weighted by atomic mass is 35.5. The number of carbonyl (C=O) groups is 1. The Morgan fingerprint density at radius 3 is 2.20 bits per heavy atom. The molecule has 4 aromatic carbocycles. The lowest BCUT2D eigenvalue weighted by atomic mass is 9.98. The number of likely N-dealkylation sites (N-methyl/N-ethyl adjacent to an activating group) is 1. The van der Waals surface area contributed by atoms with Gasteiger partial charge >= 0.3 is 0 Å². The number of anilines is 1. The van der Waals surface area contributed by atoms with E-state index in [9.17, 15) is 4.79 Å². The molecule has 46 heavy (non-hydrogen) atoms. The normalized spacial score (nSPS) is 11.5. The van der Waals surface area contributed by atoms with Crippen molar-refractivity contribution in [2.75, 3.05) is 32.7 Å². The van der Waals surface area contributed by atoms with E-state index < -0.39 is 0 Å². The van der Waals surface area contributed by atoms with Gasteiger partial charge in [0.2, 0.25) is 0 Å². The molecule has 1 amide bonds. The third kappa shape index (κ3) is 9.02. The third-order valence-corrected chi connectivity index (χ3v) is 8.72. The van der Waals surface area contributed by atoms with Crippen molar-refractivity contribution in [2.24, 2.45) is 0 Å². The molecule has 0 saturated carbocycles. The molecular weight excluding hydrogens is 616 g/mol. The molecule has 0 aliphatic carbocycles. The van der Waals surface area contributed by atoms with E-state index in [0.29, 0.717) is 39.5 Å². The van der Waals surface area contributed by atoms with Crippen LogP contribution >= 0.6 is 23.4 Å². The average molecular weight is 653 g/mol. The molecule has 0 radical (unpaired) electrons. The summed E-state index contributed by atoms with van der Waals surface area (Å²) in [5, 5.41) is 4.22. The van der Waals surface area contributed by atoms with Crippen LogP contribution in [-0.4, -0.2) is 43.7 Å². The van der Waals surface area contributed by atoms with Gasteiger partial charge in [0.25, 0.3) is 5.91 Å². The SMILES string of the molecule is COc1ccc(CCN(C)c2cc(Cl)nc(SCc3ccc(C(=O)NC(Cc4ccccc4)c4ccccc4)cc3)n2)cc1OC. The van der Waals surface area contributed by atoms with Crippen LogP contribution in [0.5, 0.6) is 11.5 Å². The number of methoxy groups -OCH3 is 2. The maximum Gasteiger partial charge on any atom is 0.251 e. The summed E-state index contributed by atoms with van der Waals surface area (Å²) in [4.78, 5) is 24.5. The number of nitrogens with one attached hydrogen (secondary N) is 1. The van der Waals surface area contributed by atoms with Crippen LogP contribution in [-0.2, 0) is 18.6 Å². The lowest BCUT2D eigenvalue weighted by molar-refractivity contribution is 0.0936. The molecule has 0 spiro atoms. The summed E-state index contributed by atoms with van der Waals surface area (Å²) in [7, 11) is 5.25. The lowest BCUT2D eigenvalue weighted by Crippen LogP contribution is -2.30. The van der Waals surface area contributed by atoms with Gasteiger partial charge in [0.15, 0.2) is 16.7 Å². The Labute approximate surface area is 280 Å². The highest BCUT2D eigenvalue weighted by molar-refractivity contribution is 7.98. The fourth-order valence-corrected chi connectivity index (χ4v) is 6.06. The molecule has 1 aromatic heterocycles. The van der Waals surface area contributed by atoms with Gasteiger partial charge in [-0.05, 0) is 59.4 Å². The lowest BCUT2D eigenvalue weighted by Gasteiger charge is -2.20. The highest BCUT2D eigenvalue weighted by Gasteiger charge is 2.17. The van der Waals surface area contributed by atoms with Crippen molar-refractivity contribution < 1.29 is 14.3 Å². The molecule has 1 atom stereocenters. The first-order chi connectivity index (χ1) is 22.4. The molecule has 0 fully saturated rings. The second-order valence-corrected chi connectivity index (χ2v) is 12.1. The number of hydrogen-bond acceptors (Lipinski definition) is 7. The van der Waals surface area contributed by atoms with E-state index in [1.165, 1.54) is 17.3 Å². The van der Waals surface area contributed by atoms with Gasteiger partial charge in [0, 0.05) is 31.0 Å². The number of carbonyl (C=O) groups excluding carboxylic acids is 1. The van der Waals surface area contributed by atoms with Crippen LogP contribution in [0.15, 0.2) is 114 Å². The zero-order valence-electron chi connectivity index (χ0n) is 26.2. The second-order valence-electron chi connectivity index (χ2n) is 10.8. The summed E-state index contributed by atoms with van der Waals surface area (Å²) in [6.45, 7) is 0.729. The number of benzene rings is 4. The van der Waals surface area contributed by atoms with E-state index in [-0.39, 0.29) is 11.9 Å². The van der Waals surface area contributed by atoms with Gasteiger partial charge in [-0.1, -0.05) is 102 Å². The van der Waals surface area contributed by atoms with E-state index in [2.05, 4.69) is 27.3 Å². The zero-order chi connectivity index (χ0) is 32.3. The van der Waals surface area contributed by atoms with E-state index in [1.807, 2.05) is 98.0 Å². The highest BCUT2D eigenvalue weighted by Crippen LogP contribution is 2.29. The van der Waals surface area contributed by atoms with Crippen molar-refractivity contribution in [2.45, 2.75) is 29.8 Å². The van der Waals surface area contributed by atoms with Crippen molar-refractivity contribution in [3.63, 3.8) is 0 Å². The Hall–Kier alpha value is -4.53. The maximum absolute atomic E-state index is 13.3. The van der Waals surface area contributed by atoms with Gasteiger partial charge in [-0.15, -0.1) is 0 Å². The molecule has 9 heteroatoms. The minimum Gasteiger partial charge on any atom is -0.493 e. The molecule has 1 heterocycles. The first-order valence-electron chi connectivity index (χ1n) is 15.0. The summed E-state index contributed by atoms with van der Waals surface area (Å²) < 4.78 is 10.8. The van der Waals surface area contributed by atoms with Gasteiger partial charge in [0.05, 0.1) is 20.3 Å². The number of amides is 1. The van der Waals surface area contributed by atoms with Crippen molar-refractivity contribution in [3.05, 3.63) is 142 Å². The van der Waals surface area contributed by atoms with E-state index in [0.717, 1.165) is 35.5 Å². The molecule has 0 aliphatic rings. The molecule has 5 aromatic rings. The first kappa shape index (κ1) is 32.9. The molecule has 236 valence electrons. The van der Waals surface area contributed by atoms with Gasteiger partial charge in [-0.3, -0.25) is 4.79 Å². The summed E-state index contributed by atoms with van der Waals surface area (Å²) in [5.74, 6) is 2.69. The quantitative estimate of drug-likeness (QED) is 0.0744. The second kappa shape index (κ2) is 16.2. The van der Waals surface area contributed by atoms with Crippen LogP contribution in [0.25, 0.3) is 0 Å². The van der Waals surface area contributed by atoms with Crippen LogP contribution in [0.4, 0.5) is 5.82 Å². The molecule has 1 N–H and O–H groups in total. The number of thioether (sulfide) groups is 1. The number of nitrogens with zero attached hydrogens (tertiary/aromatic N) is 3. The summed E-state index contributed by atoms with van der Waals surface area (Å²) >= 11 is 7.89. The van der Waals surface area contributed by atoms with Gasteiger partial charge in [-0.25, -0.2) is 9.97 Å². The molecule has 0 bridgehead atoms. The molecule has 7 nitrogen and oxygen atoms in total. The Bertz CT molecular complexity index is 1720. The van der Waals surface area contributed by atoms with Crippen LogP contribution in [0.3, 0.4) is 0 Å². The van der Waals surface area contributed by atoms with Crippen molar-refractivity contribution in [3.8, 4) is 11.5 Å². The maximum atomic E-state index is 13.3. The summed E-state index contributed by atoms with van der Waals surface area (Å²) in [5.41, 5.74) is 5.03. The minimum absolute atomic E-state index is 0.108. The Balaban J connectivity index is 1.18. The summed E-state index contributed by atoms with van der Waals surface area (Å²) in [6, 6.07) is 35.5. The van der Waals surface area contributed by atoms with Crippen LogP contribution in [0.1, 0.15) is 38.7 Å². The van der Waals surface area contributed by atoms with Gasteiger partial charge in [0.1, 0.15) is 11.0 Å². The van der Waals surface area contributed by atoms with E-state index >= 15 is 0 Å². The minimum atomic E-state index is -0.141. The molecule has 1 unspecified atom stereocenters. The Morgan fingerprint density at radius 2 is 1.50 bits per heavy atom. The third-order valence-electron chi connectivity index (χ3n) is 7.61. The van der Waals surface area contributed by atoms with Crippen LogP contribution in [0.2, 0.25) is 5.15 Å². The molecular formula is C37H37ClN4O3S. The van der Waals surface area contributed by atoms with Crippen LogP contribution in [0, 0.1) is 0 Å². The predicted molar refractivity (Wildman–Crippen MR) is 186 cm³/mol. The number of hydrogen-bond donors (Lipinski definition) is 1. The molecule has 5 rings (SSSR count). The van der Waals surface area contributed by atoms with Gasteiger partial charge in [-0.2, -0.15) is 0 Å². The van der Waals surface area contributed by atoms with Crippen LogP contribution < -0.4 is 19.7 Å². The largest absolute Gasteiger partial charge is 0.493 e. The average Bonchev–Trinajstić information content (AvgIpc) is 3.10. The predicted octanol–water partition coefficient (Wildman–Crippen LogP) is 7.83. The zero-order valence-corrected chi connectivity index (χ0v) is 27.7. The Kier molecular flexibility index (Phi) is 11.5. The Morgan fingerprint density at radius 1 is 0.826 bits per heavy atom. The fourth-order valence-electron chi connectivity index (χ4n) is 5.02. The standard InChI is InChI=1S/C37H37ClN4O3S/c1-42(21-20-27-16-19-32(44-2)33(23-27)45-3)35-24-34(38)40-37(41-35)46-25-28-14-17-30(18-15-28)36(43)39-31(29-12-8-5-9-13-29)22-26-10-6-4-7-11-26/h4-19,23-24,31H,20-22,25H2,1-3H3,(H,39,43). The van der Waals surface area contributed by atoms with Gasteiger partial charge < -0.3 is 19.7 Å². The summed E-state index contributed by atoms with van der Waals surface area (Å²) in [6.07, 6.45) is 1.50. The van der Waals surface area contributed by atoms with Crippen molar-refractivity contribution >= 4 is 35.1 Å². The number of aromatic nitrogens is 2. The first-order valence-corrected chi connectivity index (χ1v) is 16.4. The monoisotopic (exact) mass is 652 g/mol. The number of halogens is 1. The van der Waals surface area contributed by atoms with E-state index in [1.54, 1.807) is 20.3 Å². The molecule has 0 saturated heterocycles. The van der Waals surface area contributed by atoms with Crippen molar-refractivity contribution in [1.29, 1.82) is 0 Å². The fraction of sp³-hybridized carbons (Fsp3) is 0.216.